The van der Waals surface area contributed by atoms with Crippen LogP contribution in [-0.2, 0) is 11.2 Å². The molecular formula is C14H12ClIN2O2S. The summed E-state index contributed by atoms with van der Waals surface area (Å²) in [5.41, 5.74) is 1.50. The summed E-state index contributed by atoms with van der Waals surface area (Å²) in [6.07, 6.45) is 2.46. The van der Waals surface area contributed by atoms with Gasteiger partial charge in [0, 0.05) is 8.45 Å². The molecule has 1 unspecified atom stereocenters. The average Bonchev–Trinajstić information content (AvgIpc) is 2.83. The SMILES string of the molecule is O=C(O)C1CCCc2sc(Nc3ccc(I)cc3Cl)nc21. The lowest BCUT2D eigenvalue weighted by atomic mass is 9.91. The van der Waals surface area contributed by atoms with Crippen LogP contribution in [0.2, 0.25) is 5.02 Å². The summed E-state index contributed by atoms with van der Waals surface area (Å²) in [7, 11) is 0. The van der Waals surface area contributed by atoms with Crippen molar-refractivity contribution in [3.8, 4) is 0 Å². The highest BCUT2D eigenvalue weighted by Gasteiger charge is 2.30. The molecule has 1 atom stereocenters. The van der Waals surface area contributed by atoms with Crippen molar-refractivity contribution >= 4 is 62.3 Å². The highest BCUT2D eigenvalue weighted by atomic mass is 127. The number of anilines is 2. The van der Waals surface area contributed by atoms with E-state index < -0.39 is 11.9 Å². The summed E-state index contributed by atoms with van der Waals surface area (Å²) >= 11 is 9.92. The van der Waals surface area contributed by atoms with Crippen molar-refractivity contribution in [2.45, 2.75) is 25.2 Å². The predicted octanol–water partition coefficient (Wildman–Crippen LogP) is 4.65. The van der Waals surface area contributed by atoms with E-state index in [-0.39, 0.29) is 0 Å². The maximum absolute atomic E-state index is 11.3. The third-order valence-electron chi connectivity index (χ3n) is 3.43. The zero-order chi connectivity index (χ0) is 15.0. The summed E-state index contributed by atoms with van der Waals surface area (Å²) in [5, 5.41) is 13.8. The molecule has 1 heterocycles. The minimum atomic E-state index is -0.792. The first-order valence-electron chi connectivity index (χ1n) is 6.49. The Kier molecular flexibility index (Phi) is 4.37. The van der Waals surface area contributed by atoms with Crippen molar-refractivity contribution < 1.29 is 9.90 Å². The van der Waals surface area contributed by atoms with Crippen LogP contribution in [0.15, 0.2) is 18.2 Å². The fraction of sp³-hybridized carbons (Fsp3) is 0.286. The summed E-state index contributed by atoms with van der Waals surface area (Å²) in [6, 6.07) is 5.74. The van der Waals surface area contributed by atoms with Crippen molar-refractivity contribution in [3.63, 3.8) is 0 Å². The number of halogens is 2. The summed E-state index contributed by atoms with van der Waals surface area (Å²) in [6.45, 7) is 0. The van der Waals surface area contributed by atoms with Crippen LogP contribution in [0.1, 0.15) is 29.3 Å². The summed E-state index contributed by atoms with van der Waals surface area (Å²) in [4.78, 5) is 16.8. The molecule has 0 spiro atoms. The van der Waals surface area contributed by atoms with Crippen molar-refractivity contribution in [2.75, 3.05) is 5.32 Å². The standard InChI is InChI=1S/C14H12ClIN2O2S/c15-9-6-7(16)4-5-10(9)17-14-18-12-8(13(19)20)2-1-3-11(12)21-14/h4-6,8H,1-3H2,(H,17,18)(H,19,20). The van der Waals surface area contributed by atoms with Crippen LogP contribution in [-0.4, -0.2) is 16.1 Å². The maximum atomic E-state index is 11.3. The number of carboxylic acid groups (broad SMARTS) is 1. The first kappa shape index (κ1) is 15.1. The Morgan fingerprint density at radius 3 is 3.05 bits per heavy atom. The van der Waals surface area contributed by atoms with E-state index in [4.69, 9.17) is 11.6 Å². The lowest BCUT2D eigenvalue weighted by Gasteiger charge is -2.16. The number of hydrogen-bond donors (Lipinski definition) is 2. The molecule has 1 aliphatic carbocycles. The molecule has 2 N–H and O–H groups in total. The van der Waals surface area contributed by atoms with Gasteiger partial charge in [0.1, 0.15) is 5.92 Å². The predicted molar refractivity (Wildman–Crippen MR) is 92.9 cm³/mol. The smallest absolute Gasteiger partial charge is 0.312 e. The number of carboxylic acids is 1. The average molecular weight is 435 g/mol. The molecule has 0 bridgehead atoms. The fourth-order valence-electron chi connectivity index (χ4n) is 2.42. The number of nitrogens with zero attached hydrogens (tertiary/aromatic N) is 1. The number of aryl methyl sites for hydroxylation is 1. The van der Waals surface area contributed by atoms with E-state index in [2.05, 4.69) is 32.9 Å². The maximum Gasteiger partial charge on any atom is 0.312 e. The second kappa shape index (κ2) is 6.10. The van der Waals surface area contributed by atoms with Crippen LogP contribution in [0, 0.1) is 3.57 Å². The molecule has 3 rings (SSSR count). The van der Waals surface area contributed by atoms with Crippen molar-refractivity contribution in [1.82, 2.24) is 4.98 Å². The number of rotatable bonds is 3. The molecule has 1 aromatic heterocycles. The molecule has 4 nitrogen and oxygen atoms in total. The highest BCUT2D eigenvalue weighted by molar-refractivity contribution is 14.1. The minimum absolute atomic E-state index is 0.479. The molecule has 0 amide bonds. The number of thiazole rings is 1. The fourth-order valence-corrected chi connectivity index (χ4v) is 4.40. The van der Waals surface area contributed by atoms with Crippen molar-refractivity contribution in [3.05, 3.63) is 37.4 Å². The molecule has 7 heteroatoms. The summed E-state index contributed by atoms with van der Waals surface area (Å²) < 4.78 is 1.06. The number of nitrogens with one attached hydrogen (secondary N) is 1. The number of carbonyl (C=O) groups is 1. The molecule has 2 aromatic rings. The van der Waals surface area contributed by atoms with Gasteiger partial charge in [-0.15, -0.1) is 11.3 Å². The number of hydrogen-bond acceptors (Lipinski definition) is 4. The summed E-state index contributed by atoms with van der Waals surface area (Å²) in [5.74, 6) is -1.27. The molecule has 1 aromatic carbocycles. The Morgan fingerprint density at radius 1 is 1.52 bits per heavy atom. The zero-order valence-electron chi connectivity index (χ0n) is 10.9. The van der Waals surface area contributed by atoms with Gasteiger partial charge in [-0.25, -0.2) is 4.98 Å². The van der Waals surface area contributed by atoms with E-state index in [1.54, 1.807) is 0 Å². The second-order valence-electron chi connectivity index (χ2n) is 4.86. The van der Waals surface area contributed by atoms with E-state index >= 15 is 0 Å². The number of benzene rings is 1. The Hall–Kier alpha value is -0.860. The lowest BCUT2D eigenvalue weighted by Crippen LogP contribution is -2.17. The molecule has 0 saturated heterocycles. The van der Waals surface area contributed by atoms with Crippen LogP contribution >= 0.6 is 45.5 Å². The Morgan fingerprint density at radius 2 is 2.33 bits per heavy atom. The van der Waals surface area contributed by atoms with E-state index in [9.17, 15) is 9.90 Å². The first-order chi connectivity index (χ1) is 10.0. The van der Waals surface area contributed by atoms with E-state index in [1.165, 1.54) is 11.3 Å². The van der Waals surface area contributed by atoms with Gasteiger partial charge in [0.2, 0.25) is 0 Å². The van der Waals surface area contributed by atoms with Gasteiger partial charge in [-0.1, -0.05) is 11.6 Å². The second-order valence-corrected chi connectivity index (χ2v) is 7.60. The minimum Gasteiger partial charge on any atom is -0.481 e. The number of aromatic nitrogens is 1. The van der Waals surface area contributed by atoms with Gasteiger partial charge >= 0.3 is 5.97 Å². The molecule has 1 aliphatic rings. The molecule has 0 saturated carbocycles. The molecule has 0 aliphatic heterocycles. The largest absolute Gasteiger partial charge is 0.481 e. The van der Waals surface area contributed by atoms with Crippen LogP contribution in [0.5, 0.6) is 0 Å². The Bertz CT molecular complexity index is 704. The molecule has 0 fully saturated rings. The monoisotopic (exact) mass is 434 g/mol. The number of fused-ring (bicyclic) bond motifs is 1. The molecule has 21 heavy (non-hydrogen) atoms. The Labute approximate surface area is 144 Å². The lowest BCUT2D eigenvalue weighted by molar-refractivity contribution is -0.139. The molecule has 0 radical (unpaired) electrons. The van der Waals surface area contributed by atoms with Gasteiger partial charge < -0.3 is 10.4 Å². The van der Waals surface area contributed by atoms with E-state index in [1.807, 2.05) is 18.2 Å². The van der Waals surface area contributed by atoms with Crippen LogP contribution in [0.4, 0.5) is 10.8 Å². The van der Waals surface area contributed by atoms with Gasteiger partial charge in [0.15, 0.2) is 5.13 Å². The third-order valence-corrected chi connectivity index (χ3v) is 5.46. The van der Waals surface area contributed by atoms with E-state index in [0.717, 1.165) is 27.0 Å². The van der Waals surface area contributed by atoms with Crippen LogP contribution < -0.4 is 5.32 Å². The van der Waals surface area contributed by atoms with Crippen molar-refractivity contribution in [1.29, 1.82) is 0 Å². The third kappa shape index (κ3) is 3.17. The quantitative estimate of drug-likeness (QED) is 0.690. The zero-order valence-corrected chi connectivity index (χ0v) is 14.6. The van der Waals surface area contributed by atoms with Crippen LogP contribution in [0.25, 0.3) is 0 Å². The van der Waals surface area contributed by atoms with Gasteiger partial charge in [-0.2, -0.15) is 0 Å². The van der Waals surface area contributed by atoms with Gasteiger partial charge in [0.05, 0.1) is 16.4 Å². The molecular weight excluding hydrogens is 423 g/mol. The normalized spacial score (nSPS) is 17.3. The van der Waals surface area contributed by atoms with Gasteiger partial charge in [0.25, 0.3) is 0 Å². The first-order valence-corrected chi connectivity index (χ1v) is 8.76. The highest BCUT2D eigenvalue weighted by Crippen LogP contribution is 2.38. The van der Waals surface area contributed by atoms with Crippen LogP contribution in [0.3, 0.4) is 0 Å². The molecule has 110 valence electrons. The van der Waals surface area contributed by atoms with Gasteiger partial charge in [-0.05, 0) is 60.1 Å². The van der Waals surface area contributed by atoms with Gasteiger partial charge in [-0.3, -0.25) is 4.79 Å². The van der Waals surface area contributed by atoms with E-state index in [0.29, 0.717) is 22.3 Å². The topological polar surface area (TPSA) is 62.2 Å². The van der Waals surface area contributed by atoms with Crippen molar-refractivity contribution in [2.24, 2.45) is 0 Å². The Balaban J connectivity index is 1.89. The number of aliphatic carboxylic acids is 1.